The Hall–Kier alpha value is -2.00. The molecule has 2 aliphatic heterocycles. The molecule has 2 aliphatic rings. The van der Waals surface area contributed by atoms with E-state index in [1.54, 1.807) is 26.3 Å². The Kier molecular flexibility index (Phi) is 7.60. The van der Waals surface area contributed by atoms with Gasteiger partial charge in [0.1, 0.15) is 22.1 Å². The highest BCUT2D eigenvalue weighted by molar-refractivity contribution is 7.89. The van der Waals surface area contributed by atoms with Crippen molar-refractivity contribution in [3.05, 3.63) is 47.5 Å². The number of rotatable bonds is 6. The molecule has 32 heavy (non-hydrogen) atoms. The lowest BCUT2D eigenvalue weighted by atomic mass is 9.85. The first-order chi connectivity index (χ1) is 14.9. The normalized spacial score (nSPS) is 20.7. The van der Waals surface area contributed by atoms with E-state index < -0.39 is 10.0 Å². The molecule has 1 saturated heterocycles. The lowest BCUT2D eigenvalue weighted by Gasteiger charge is -2.45. The largest absolute Gasteiger partial charge is 0.497 e. The topological polar surface area (TPSA) is 68.3 Å². The van der Waals surface area contributed by atoms with E-state index in [1.165, 1.54) is 35.7 Å². The van der Waals surface area contributed by atoms with Crippen LogP contribution < -0.4 is 14.2 Å². The van der Waals surface area contributed by atoms with Crippen LogP contribution in [0.2, 0.25) is 0 Å². The number of piperidine rings is 1. The predicted molar refractivity (Wildman–Crippen MR) is 126 cm³/mol. The molecule has 0 N–H and O–H groups in total. The van der Waals surface area contributed by atoms with Crippen LogP contribution in [0.5, 0.6) is 17.2 Å². The summed E-state index contributed by atoms with van der Waals surface area (Å²) in [6, 6.07) is 11.2. The first-order valence-corrected chi connectivity index (χ1v) is 11.9. The number of sulfonamides is 1. The highest BCUT2D eigenvalue weighted by atomic mass is 35.5. The minimum Gasteiger partial charge on any atom is -0.497 e. The van der Waals surface area contributed by atoms with E-state index in [9.17, 15) is 8.42 Å². The van der Waals surface area contributed by atoms with Crippen molar-refractivity contribution < 1.29 is 22.6 Å². The van der Waals surface area contributed by atoms with E-state index in [2.05, 4.69) is 17.0 Å². The van der Waals surface area contributed by atoms with E-state index in [0.29, 0.717) is 11.5 Å². The quantitative estimate of drug-likeness (QED) is 0.627. The van der Waals surface area contributed by atoms with Crippen molar-refractivity contribution in [3.8, 4) is 17.2 Å². The third-order valence-corrected chi connectivity index (χ3v) is 8.54. The van der Waals surface area contributed by atoms with Gasteiger partial charge in [0.15, 0.2) is 0 Å². The Morgan fingerprint density at radius 2 is 1.66 bits per heavy atom. The monoisotopic (exact) mass is 482 g/mol. The van der Waals surface area contributed by atoms with Crippen LogP contribution in [0, 0.1) is 0 Å². The minimum absolute atomic E-state index is 0. The fourth-order valence-electron chi connectivity index (χ4n) is 4.77. The Bertz CT molecular complexity index is 1060. The summed E-state index contributed by atoms with van der Waals surface area (Å²) in [6.07, 6.45) is 2.54. The summed E-state index contributed by atoms with van der Waals surface area (Å²) in [4.78, 5) is 2.60. The second-order valence-corrected chi connectivity index (χ2v) is 10.0. The van der Waals surface area contributed by atoms with Gasteiger partial charge in [-0.2, -0.15) is 4.31 Å². The van der Waals surface area contributed by atoms with Crippen LogP contribution in [-0.4, -0.2) is 65.1 Å². The number of methoxy groups -OCH3 is 3. The molecular weight excluding hydrogens is 452 g/mol. The van der Waals surface area contributed by atoms with Gasteiger partial charge in [-0.3, -0.25) is 4.90 Å². The van der Waals surface area contributed by atoms with Gasteiger partial charge >= 0.3 is 0 Å². The highest BCUT2D eigenvalue weighted by Crippen LogP contribution is 2.40. The van der Waals surface area contributed by atoms with Crippen LogP contribution >= 0.6 is 12.4 Å². The van der Waals surface area contributed by atoms with E-state index in [1.807, 2.05) is 6.07 Å². The Balaban J connectivity index is 0.00000289. The summed E-state index contributed by atoms with van der Waals surface area (Å²) in [7, 11) is 2.60. The van der Waals surface area contributed by atoms with Gasteiger partial charge in [-0.1, -0.05) is 6.07 Å². The number of fused-ring (bicyclic) bond motifs is 3. The maximum Gasteiger partial charge on any atom is 0.246 e. The number of halogens is 1. The molecule has 176 valence electrons. The van der Waals surface area contributed by atoms with Crippen molar-refractivity contribution in [2.24, 2.45) is 0 Å². The molecule has 7 nitrogen and oxygen atoms in total. The summed E-state index contributed by atoms with van der Waals surface area (Å²) in [5.74, 6) is 1.67. The molecule has 2 aromatic rings. The Morgan fingerprint density at radius 3 is 2.34 bits per heavy atom. The van der Waals surface area contributed by atoms with Crippen molar-refractivity contribution in [1.82, 2.24) is 9.21 Å². The molecule has 0 aromatic heterocycles. The minimum atomic E-state index is -3.75. The average Bonchev–Trinajstić information content (AvgIpc) is 2.82. The zero-order valence-corrected chi connectivity index (χ0v) is 20.5. The molecule has 0 spiro atoms. The summed E-state index contributed by atoms with van der Waals surface area (Å²) in [5.41, 5.74) is 2.57. The average molecular weight is 483 g/mol. The van der Waals surface area contributed by atoms with Crippen molar-refractivity contribution in [2.75, 3.05) is 41.5 Å². The second-order valence-electron chi connectivity index (χ2n) is 8.08. The molecule has 2 atom stereocenters. The van der Waals surface area contributed by atoms with Crippen LogP contribution in [-0.2, 0) is 16.4 Å². The SMILES string of the molecule is COc1ccc2c(c1)CCN1CCC(N(C)S(=O)(=O)c3cc(OC)ccc3OC)CC21.Cl. The fourth-order valence-corrected chi connectivity index (χ4v) is 6.33. The third-order valence-electron chi connectivity index (χ3n) is 6.61. The molecule has 0 radical (unpaired) electrons. The summed E-state index contributed by atoms with van der Waals surface area (Å²) in [5, 5.41) is 0. The lowest BCUT2D eigenvalue weighted by molar-refractivity contribution is 0.0968. The molecule has 9 heteroatoms. The fraction of sp³-hybridized carbons (Fsp3) is 0.478. The first kappa shape index (κ1) is 24.6. The van der Waals surface area contributed by atoms with Gasteiger partial charge in [0.25, 0.3) is 0 Å². The lowest BCUT2D eigenvalue weighted by Crippen LogP contribution is -2.48. The molecular formula is C23H31ClN2O5S. The first-order valence-electron chi connectivity index (χ1n) is 10.5. The van der Waals surface area contributed by atoms with E-state index >= 15 is 0 Å². The van der Waals surface area contributed by atoms with Crippen molar-refractivity contribution in [1.29, 1.82) is 0 Å². The smallest absolute Gasteiger partial charge is 0.246 e. The van der Waals surface area contributed by atoms with Gasteiger partial charge in [-0.05, 0) is 54.7 Å². The molecule has 0 aliphatic carbocycles. The molecule has 0 saturated carbocycles. The third kappa shape index (κ3) is 4.41. The van der Waals surface area contributed by atoms with Crippen molar-refractivity contribution in [2.45, 2.75) is 36.2 Å². The maximum absolute atomic E-state index is 13.5. The summed E-state index contributed by atoms with van der Waals surface area (Å²) < 4.78 is 44.5. The predicted octanol–water partition coefficient (Wildman–Crippen LogP) is 3.52. The second kappa shape index (κ2) is 9.87. The van der Waals surface area contributed by atoms with E-state index in [-0.39, 0.29) is 29.4 Å². The summed E-state index contributed by atoms with van der Waals surface area (Å²) in [6.45, 7) is 1.85. The van der Waals surface area contributed by atoms with Crippen molar-refractivity contribution in [3.63, 3.8) is 0 Å². The van der Waals surface area contributed by atoms with Gasteiger partial charge in [-0.15, -0.1) is 12.4 Å². The summed E-state index contributed by atoms with van der Waals surface area (Å²) >= 11 is 0. The Morgan fingerprint density at radius 1 is 0.969 bits per heavy atom. The van der Waals surface area contributed by atoms with Crippen LogP contribution in [0.25, 0.3) is 0 Å². The number of benzene rings is 2. The number of nitrogens with zero attached hydrogens (tertiary/aromatic N) is 2. The molecule has 0 bridgehead atoms. The molecule has 2 unspecified atom stereocenters. The van der Waals surface area contributed by atoms with Crippen LogP contribution in [0.15, 0.2) is 41.3 Å². The Labute approximate surface area is 196 Å². The van der Waals surface area contributed by atoms with Crippen molar-refractivity contribution >= 4 is 22.4 Å². The maximum atomic E-state index is 13.5. The molecule has 4 rings (SSSR count). The molecule has 1 fully saturated rings. The van der Waals surface area contributed by atoms with Crippen LogP contribution in [0.3, 0.4) is 0 Å². The number of hydrogen-bond donors (Lipinski definition) is 0. The van der Waals surface area contributed by atoms with E-state index in [0.717, 1.165) is 38.1 Å². The number of ether oxygens (including phenoxy) is 3. The highest BCUT2D eigenvalue weighted by Gasteiger charge is 2.39. The van der Waals surface area contributed by atoms with Gasteiger partial charge < -0.3 is 14.2 Å². The van der Waals surface area contributed by atoms with Gasteiger partial charge in [0, 0.05) is 38.3 Å². The molecule has 2 aromatic carbocycles. The molecule has 2 heterocycles. The standard InChI is InChI=1S/C23H30N2O5S.ClH/c1-24(31(26,27)23-15-19(29-3)6-8-22(23)30-4)17-10-12-25-11-9-16-13-18(28-2)5-7-20(16)21(25)14-17;/h5-8,13,15,17,21H,9-12,14H2,1-4H3;1H. The van der Waals surface area contributed by atoms with Crippen LogP contribution in [0.1, 0.15) is 30.0 Å². The zero-order chi connectivity index (χ0) is 22.2. The number of hydrogen-bond acceptors (Lipinski definition) is 6. The van der Waals surface area contributed by atoms with Crippen LogP contribution in [0.4, 0.5) is 0 Å². The van der Waals surface area contributed by atoms with E-state index in [4.69, 9.17) is 14.2 Å². The van der Waals surface area contributed by atoms with Gasteiger partial charge in [0.05, 0.1) is 21.3 Å². The molecule has 0 amide bonds. The zero-order valence-electron chi connectivity index (χ0n) is 18.9. The van der Waals surface area contributed by atoms with Gasteiger partial charge in [0.2, 0.25) is 10.0 Å². The van der Waals surface area contributed by atoms with Gasteiger partial charge in [-0.25, -0.2) is 8.42 Å².